The van der Waals surface area contributed by atoms with Gasteiger partial charge in [-0.2, -0.15) is 18.2 Å². The highest BCUT2D eigenvalue weighted by Gasteiger charge is 2.49. The van der Waals surface area contributed by atoms with Gasteiger partial charge in [-0.1, -0.05) is 11.6 Å². The predicted octanol–water partition coefficient (Wildman–Crippen LogP) is 3.39. The number of rotatable bonds is 2. The highest BCUT2D eigenvalue weighted by Crippen LogP contribution is 2.54. The van der Waals surface area contributed by atoms with Crippen molar-refractivity contribution < 1.29 is 23.1 Å². The van der Waals surface area contributed by atoms with E-state index in [-0.39, 0.29) is 10.6 Å². The number of aromatic hydroxyl groups is 1. The molecule has 3 nitrogen and oxygen atoms in total. The zero-order valence-electron chi connectivity index (χ0n) is 8.88. The Morgan fingerprint density at radius 1 is 1.39 bits per heavy atom. The van der Waals surface area contributed by atoms with Crippen LogP contribution < -0.4 is 0 Å². The van der Waals surface area contributed by atoms with Crippen LogP contribution in [0.5, 0.6) is 5.75 Å². The van der Waals surface area contributed by atoms with Crippen molar-refractivity contribution >= 4 is 17.7 Å². The minimum atomic E-state index is -4.72. The summed E-state index contributed by atoms with van der Waals surface area (Å²) < 4.78 is 38.0. The van der Waals surface area contributed by atoms with Crippen LogP contribution in [-0.2, 0) is 16.5 Å². The van der Waals surface area contributed by atoms with Gasteiger partial charge in [0, 0.05) is 10.6 Å². The molecule has 96 valence electrons. The van der Waals surface area contributed by atoms with Crippen LogP contribution in [0.2, 0.25) is 5.02 Å². The van der Waals surface area contributed by atoms with E-state index in [0.717, 1.165) is 0 Å². The van der Waals surface area contributed by atoms with Gasteiger partial charge in [-0.15, -0.1) is 0 Å². The number of hydrogen-bond acceptors (Lipinski definition) is 3. The Morgan fingerprint density at radius 2 is 2.00 bits per heavy atom. The first-order valence-corrected chi connectivity index (χ1v) is 5.37. The molecule has 1 aliphatic rings. The van der Waals surface area contributed by atoms with Gasteiger partial charge < -0.3 is 5.11 Å². The normalized spacial score (nSPS) is 17.1. The smallest absolute Gasteiger partial charge is 0.420 e. The lowest BCUT2D eigenvalue weighted by atomic mass is 10.0. The molecule has 1 N–H and O–H groups in total. The molecule has 1 aliphatic carbocycles. The van der Waals surface area contributed by atoms with Crippen LogP contribution in [0.15, 0.2) is 17.1 Å². The highest BCUT2D eigenvalue weighted by atomic mass is 35.5. The summed E-state index contributed by atoms with van der Waals surface area (Å²) in [4.78, 5) is 13.8. The van der Waals surface area contributed by atoms with Gasteiger partial charge >= 0.3 is 6.18 Å². The minimum Gasteiger partial charge on any atom is -0.507 e. The van der Waals surface area contributed by atoms with Crippen LogP contribution in [0, 0.1) is 0 Å². The number of benzene rings is 1. The van der Waals surface area contributed by atoms with E-state index in [1.165, 1.54) is 12.1 Å². The van der Waals surface area contributed by atoms with Crippen LogP contribution in [-0.4, -0.2) is 11.2 Å². The first-order chi connectivity index (χ1) is 8.30. The van der Waals surface area contributed by atoms with Gasteiger partial charge in [-0.3, -0.25) is 0 Å². The lowest BCUT2D eigenvalue weighted by Gasteiger charge is -2.16. The number of hydrogen-bond donors (Lipinski definition) is 1. The van der Waals surface area contributed by atoms with E-state index in [0.29, 0.717) is 18.9 Å². The van der Waals surface area contributed by atoms with Crippen LogP contribution in [0.1, 0.15) is 24.0 Å². The maximum Gasteiger partial charge on any atom is 0.420 e. The first-order valence-electron chi connectivity index (χ1n) is 4.99. The second-order valence-corrected chi connectivity index (χ2v) is 4.52. The number of aliphatic imine (C=N–C) groups is 1. The molecule has 1 aromatic carbocycles. The summed E-state index contributed by atoms with van der Waals surface area (Å²) in [5.74, 6) is -0.927. The Labute approximate surface area is 105 Å². The summed E-state index contributed by atoms with van der Waals surface area (Å²) in [5.41, 5.74) is -2.40. The van der Waals surface area contributed by atoms with Gasteiger partial charge in [0.2, 0.25) is 6.08 Å². The lowest BCUT2D eigenvalue weighted by molar-refractivity contribution is -0.138. The number of phenolic OH excluding ortho intramolecular Hbond substituents is 1. The van der Waals surface area contributed by atoms with Gasteiger partial charge in [0.15, 0.2) is 0 Å². The number of nitrogens with zero attached hydrogens (tertiary/aromatic N) is 1. The molecule has 0 radical (unpaired) electrons. The molecule has 18 heavy (non-hydrogen) atoms. The highest BCUT2D eigenvalue weighted by molar-refractivity contribution is 6.30. The summed E-state index contributed by atoms with van der Waals surface area (Å²) in [5, 5.41) is 9.52. The molecular weight excluding hydrogens is 271 g/mol. The van der Waals surface area contributed by atoms with Gasteiger partial charge in [0.05, 0.1) is 5.56 Å². The number of carbonyl (C=O) groups excluding carboxylic acids is 1. The Bertz CT molecular complexity index is 546. The van der Waals surface area contributed by atoms with E-state index in [2.05, 4.69) is 4.99 Å². The molecule has 0 saturated heterocycles. The topological polar surface area (TPSA) is 49.7 Å². The number of halogens is 4. The minimum absolute atomic E-state index is 0.0781. The summed E-state index contributed by atoms with van der Waals surface area (Å²) in [7, 11) is 0. The van der Waals surface area contributed by atoms with Crippen molar-refractivity contribution in [2.75, 3.05) is 0 Å². The summed E-state index contributed by atoms with van der Waals surface area (Å²) >= 11 is 5.61. The fourth-order valence-electron chi connectivity index (χ4n) is 1.82. The summed E-state index contributed by atoms with van der Waals surface area (Å²) in [6.07, 6.45) is -2.64. The molecule has 7 heteroatoms. The van der Waals surface area contributed by atoms with Crippen molar-refractivity contribution in [3.8, 4) is 5.75 Å². The van der Waals surface area contributed by atoms with Gasteiger partial charge in [0.25, 0.3) is 0 Å². The van der Waals surface area contributed by atoms with Crippen molar-refractivity contribution in [2.24, 2.45) is 4.99 Å². The standard InChI is InChI=1S/C11H7ClF3NO2/c12-6-3-7(10(1-2-10)16-5-17)9(18)8(4-6)11(13,14)15/h3-4,18H,1-2H2. The molecule has 0 unspecified atom stereocenters. The van der Waals surface area contributed by atoms with Crippen LogP contribution >= 0.6 is 11.6 Å². The third-order valence-corrected chi connectivity index (χ3v) is 3.08. The number of phenols is 1. The number of alkyl halides is 3. The Balaban J connectivity index is 2.63. The fraction of sp³-hybridized carbons (Fsp3) is 0.364. The van der Waals surface area contributed by atoms with E-state index < -0.39 is 23.0 Å². The van der Waals surface area contributed by atoms with Crippen LogP contribution in [0.25, 0.3) is 0 Å². The zero-order chi connectivity index (χ0) is 13.6. The molecule has 0 atom stereocenters. The maximum atomic E-state index is 12.7. The largest absolute Gasteiger partial charge is 0.507 e. The van der Waals surface area contributed by atoms with E-state index >= 15 is 0 Å². The monoisotopic (exact) mass is 277 g/mol. The van der Waals surface area contributed by atoms with Gasteiger partial charge in [-0.25, -0.2) is 4.79 Å². The second-order valence-electron chi connectivity index (χ2n) is 4.08. The molecule has 0 heterocycles. The van der Waals surface area contributed by atoms with E-state index in [1.54, 1.807) is 0 Å². The van der Waals surface area contributed by atoms with E-state index in [9.17, 15) is 23.1 Å². The Kier molecular flexibility index (Phi) is 2.87. The molecule has 1 fully saturated rings. The average Bonchev–Trinajstić information content (AvgIpc) is 3.01. The van der Waals surface area contributed by atoms with Gasteiger partial charge in [-0.05, 0) is 25.0 Å². The fourth-order valence-corrected chi connectivity index (χ4v) is 2.04. The molecule has 0 aromatic heterocycles. The Hall–Kier alpha value is -1.52. The zero-order valence-corrected chi connectivity index (χ0v) is 9.64. The molecule has 0 amide bonds. The SMILES string of the molecule is O=C=NC1(c2cc(Cl)cc(C(F)(F)F)c2O)CC1. The van der Waals surface area contributed by atoms with Crippen molar-refractivity contribution in [3.63, 3.8) is 0 Å². The third-order valence-electron chi connectivity index (χ3n) is 2.86. The second kappa shape index (κ2) is 4.00. The summed E-state index contributed by atoms with van der Waals surface area (Å²) in [6, 6.07) is 1.83. The molecular formula is C11H7ClF3NO2. The quantitative estimate of drug-likeness (QED) is 0.665. The Morgan fingerprint density at radius 3 is 2.44 bits per heavy atom. The lowest BCUT2D eigenvalue weighted by Crippen LogP contribution is -2.10. The third kappa shape index (κ3) is 2.09. The first kappa shape index (κ1) is 12.9. The molecule has 0 aliphatic heterocycles. The number of isocyanates is 1. The maximum absolute atomic E-state index is 12.7. The van der Waals surface area contributed by atoms with Crippen molar-refractivity contribution in [2.45, 2.75) is 24.6 Å². The molecule has 1 saturated carbocycles. The molecule has 0 bridgehead atoms. The van der Waals surface area contributed by atoms with Crippen molar-refractivity contribution in [1.82, 2.24) is 0 Å². The predicted molar refractivity (Wildman–Crippen MR) is 57.2 cm³/mol. The van der Waals surface area contributed by atoms with Crippen LogP contribution in [0.3, 0.4) is 0 Å². The average molecular weight is 278 g/mol. The molecule has 0 spiro atoms. The van der Waals surface area contributed by atoms with E-state index in [1.807, 2.05) is 0 Å². The van der Waals surface area contributed by atoms with Crippen LogP contribution in [0.4, 0.5) is 13.2 Å². The van der Waals surface area contributed by atoms with Crippen molar-refractivity contribution in [3.05, 3.63) is 28.3 Å². The van der Waals surface area contributed by atoms with Gasteiger partial charge in [0.1, 0.15) is 11.3 Å². The van der Waals surface area contributed by atoms with E-state index in [4.69, 9.17) is 11.6 Å². The molecule has 2 rings (SSSR count). The molecule has 1 aromatic rings. The van der Waals surface area contributed by atoms with Crippen molar-refractivity contribution in [1.29, 1.82) is 0 Å². The summed E-state index contributed by atoms with van der Waals surface area (Å²) in [6.45, 7) is 0.